The third kappa shape index (κ3) is 2.27. The molecule has 3 nitrogen and oxygen atoms in total. The summed E-state index contributed by atoms with van der Waals surface area (Å²) in [4.78, 5) is 8.64. The summed E-state index contributed by atoms with van der Waals surface area (Å²) in [6, 6.07) is 14.5. The molecular weight excluding hydrogens is 234 g/mol. The highest BCUT2D eigenvalue weighted by atomic mass is 15.0. The van der Waals surface area contributed by atoms with Crippen LogP contribution in [-0.4, -0.2) is 9.97 Å². The number of anilines is 2. The Morgan fingerprint density at radius 1 is 0.947 bits per heavy atom. The molecular formula is C16H15N3. The molecule has 2 aromatic carbocycles. The van der Waals surface area contributed by atoms with Gasteiger partial charge in [-0.1, -0.05) is 36.4 Å². The molecule has 0 aliphatic carbocycles. The highest BCUT2D eigenvalue weighted by molar-refractivity contribution is 5.95. The Kier molecular flexibility index (Phi) is 2.88. The van der Waals surface area contributed by atoms with Crippen LogP contribution in [0.5, 0.6) is 0 Å². The SMILES string of the molecule is Cc1ncc(C)c(Nc2cccc3ccccc23)n1. The second-order valence-electron chi connectivity index (χ2n) is 4.60. The van der Waals surface area contributed by atoms with E-state index in [1.165, 1.54) is 10.8 Å². The van der Waals surface area contributed by atoms with Gasteiger partial charge in [-0.05, 0) is 25.3 Å². The maximum Gasteiger partial charge on any atom is 0.137 e. The number of aryl methyl sites for hydroxylation is 2. The lowest BCUT2D eigenvalue weighted by molar-refractivity contribution is 1.04. The molecule has 3 heteroatoms. The van der Waals surface area contributed by atoms with Crippen LogP contribution in [0.2, 0.25) is 0 Å². The molecule has 0 saturated heterocycles. The molecule has 3 rings (SSSR count). The van der Waals surface area contributed by atoms with Crippen LogP contribution in [0.3, 0.4) is 0 Å². The van der Waals surface area contributed by atoms with Crippen LogP contribution < -0.4 is 5.32 Å². The average Bonchev–Trinajstić information content (AvgIpc) is 2.43. The summed E-state index contributed by atoms with van der Waals surface area (Å²) >= 11 is 0. The lowest BCUT2D eigenvalue weighted by Crippen LogP contribution is -2.00. The summed E-state index contributed by atoms with van der Waals surface area (Å²) in [7, 11) is 0. The topological polar surface area (TPSA) is 37.8 Å². The number of rotatable bonds is 2. The first-order chi connectivity index (χ1) is 9.24. The van der Waals surface area contributed by atoms with Gasteiger partial charge in [-0.25, -0.2) is 9.97 Å². The smallest absolute Gasteiger partial charge is 0.137 e. The summed E-state index contributed by atoms with van der Waals surface area (Å²) in [5.74, 6) is 1.64. The summed E-state index contributed by atoms with van der Waals surface area (Å²) in [5, 5.41) is 5.82. The molecule has 0 fully saturated rings. The molecule has 1 N–H and O–H groups in total. The van der Waals surface area contributed by atoms with Gasteiger partial charge in [0.1, 0.15) is 11.6 Å². The zero-order valence-electron chi connectivity index (χ0n) is 11.0. The van der Waals surface area contributed by atoms with E-state index in [-0.39, 0.29) is 0 Å². The van der Waals surface area contributed by atoms with Crippen molar-refractivity contribution in [3.63, 3.8) is 0 Å². The van der Waals surface area contributed by atoms with Crippen molar-refractivity contribution in [2.24, 2.45) is 0 Å². The Balaban J connectivity index is 2.08. The normalized spacial score (nSPS) is 10.6. The van der Waals surface area contributed by atoms with Crippen molar-refractivity contribution in [2.75, 3.05) is 5.32 Å². The van der Waals surface area contributed by atoms with E-state index in [4.69, 9.17) is 0 Å². The first kappa shape index (κ1) is 11.7. The Hall–Kier alpha value is -2.42. The number of hydrogen-bond acceptors (Lipinski definition) is 3. The standard InChI is InChI=1S/C16H15N3/c1-11-10-17-12(2)18-16(11)19-15-9-5-7-13-6-3-4-8-14(13)15/h3-10H,1-2H3,(H,17,18,19). The third-order valence-corrected chi connectivity index (χ3v) is 3.13. The zero-order chi connectivity index (χ0) is 13.2. The molecule has 0 amide bonds. The minimum Gasteiger partial charge on any atom is -0.339 e. The van der Waals surface area contributed by atoms with Gasteiger partial charge >= 0.3 is 0 Å². The number of fused-ring (bicyclic) bond motifs is 1. The predicted octanol–water partition coefficient (Wildman–Crippen LogP) is 3.99. The largest absolute Gasteiger partial charge is 0.339 e. The van der Waals surface area contributed by atoms with Crippen molar-refractivity contribution in [1.82, 2.24) is 9.97 Å². The van der Waals surface area contributed by atoms with Crippen LogP contribution in [0.4, 0.5) is 11.5 Å². The first-order valence-corrected chi connectivity index (χ1v) is 6.29. The summed E-state index contributed by atoms with van der Waals surface area (Å²) in [6.45, 7) is 3.90. The quantitative estimate of drug-likeness (QED) is 0.746. The maximum absolute atomic E-state index is 4.45. The Bertz CT molecular complexity index is 730. The van der Waals surface area contributed by atoms with Crippen molar-refractivity contribution in [3.05, 3.63) is 60.0 Å². The molecule has 0 aliphatic rings. The third-order valence-electron chi connectivity index (χ3n) is 3.13. The van der Waals surface area contributed by atoms with Gasteiger partial charge < -0.3 is 5.32 Å². The highest BCUT2D eigenvalue weighted by Crippen LogP contribution is 2.26. The van der Waals surface area contributed by atoms with E-state index in [9.17, 15) is 0 Å². The lowest BCUT2D eigenvalue weighted by Gasteiger charge is -2.11. The van der Waals surface area contributed by atoms with E-state index < -0.39 is 0 Å². The number of aromatic nitrogens is 2. The van der Waals surface area contributed by atoms with E-state index in [1.807, 2.05) is 38.2 Å². The van der Waals surface area contributed by atoms with Crippen LogP contribution in [0.25, 0.3) is 10.8 Å². The fourth-order valence-electron chi connectivity index (χ4n) is 2.12. The van der Waals surface area contributed by atoms with Gasteiger partial charge in [0.15, 0.2) is 0 Å². The minimum absolute atomic E-state index is 0.772. The molecule has 94 valence electrons. The highest BCUT2D eigenvalue weighted by Gasteiger charge is 2.04. The van der Waals surface area contributed by atoms with E-state index in [2.05, 4.69) is 39.6 Å². The van der Waals surface area contributed by atoms with Crippen molar-refractivity contribution in [1.29, 1.82) is 0 Å². The van der Waals surface area contributed by atoms with Crippen molar-refractivity contribution >= 4 is 22.3 Å². The molecule has 0 saturated carbocycles. The van der Waals surface area contributed by atoms with Gasteiger partial charge in [0.05, 0.1) is 0 Å². The van der Waals surface area contributed by atoms with Crippen LogP contribution in [-0.2, 0) is 0 Å². The summed E-state index contributed by atoms with van der Waals surface area (Å²) < 4.78 is 0. The fourth-order valence-corrected chi connectivity index (χ4v) is 2.12. The Morgan fingerprint density at radius 2 is 1.74 bits per heavy atom. The monoisotopic (exact) mass is 249 g/mol. The molecule has 0 unspecified atom stereocenters. The molecule has 0 aliphatic heterocycles. The van der Waals surface area contributed by atoms with E-state index in [0.717, 1.165) is 22.9 Å². The lowest BCUT2D eigenvalue weighted by atomic mass is 10.1. The van der Waals surface area contributed by atoms with Gasteiger partial charge in [0.2, 0.25) is 0 Å². The van der Waals surface area contributed by atoms with E-state index in [1.54, 1.807) is 0 Å². The van der Waals surface area contributed by atoms with Crippen LogP contribution in [0.15, 0.2) is 48.7 Å². The molecule has 0 radical (unpaired) electrons. The van der Waals surface area contributed by atoms with Crippen LogP contribution in [0.1, 0.15) is 11.4 Å². The number of nitrogens with zero attached hydrogens (tertiary/aromatic N) is 2. The zero-order valence-corrected chi connectivity index (χ0v) is 11.0. The van der Waals surface area contributed by atoms with Crippen molar-refractivity contribution < 1.29 is 0 Å². The Morgan fingerprint density at radius 3 is 2.63 bits per heavy atom. The minimum atomic E-state index is 0.772. The molecule has 1 heterocycles. The van der Waals surface area contributed by atoms with Gasteiger partial charge in [0.25, 0.3) is 0 Å². The summed E-state index contributed by atoms with van der Waals surface area (Å²) in [6.07, 6.45) is 1.84. The first-order valence-electron chi connectivity index (χ1n) is 6.29. The van der Waals surface area contributed by atoms with Gasteiger partial charge in [-0.3, -0.25) is 0 Å². The number of nitrogens with one attached hydrogen (secondary N) is 1. The predicted molar refractivity (Wildman–Crippen MR) is 78.7 cm³/mol. The molecule has 0 spiro atoms. The molecule has 0 bridgehead atoms. The van der Waals surface area contributed by atoms with E-state index >= 15 is 0 Å². The molecule has 1 aromatic heterocycles. The number of hydrogen-bond donors (Lipinski definition) is 1. The maximum atomic E-state index is 4.45. The van der Waals surface area contributed by atoms with Gasteiger partial charge in [-0.2, -0.15) is 0 Å². The Labute approximate surface area is 112 Å². The average molecular weight is 249 g/mol. The van der Waals surface area contributed by atoms with Gasteiger partial charge in [-0.15, -0.1) is 0 Å². The molecule has 19 heavy (non-hydrogen) atoms. The molecule has 3 aromatic rings. The van der Waals surface area contributed by atoms with Crippen molar-refractivity contribution in [3.8, 4) is 0 Å². The van der Waals surface area contributed by atoms with E-state index in [0.29, 0.717) is 0 Å². The molecule has 0 atom stereocenters. The van der Waals surface area contributed by atoms with Crippen LogP contribution in [0, 0.1) is 13.8 Å². The second kappa shape index (κ2) is 4.69. The summed E-state index contributed by atoms with van der Waals surface area (Å²) in [5.41, 5.74) is 2.11. The fraction of sp³-hybridized carbons (Fsp3) is 0.125. The van der Waals surface area contributed by atoms with Crippen LogP contribution >= 0.6 is 0 Å². The second-order valence-corrected chi connectivity index (χ2v) is 4.60. The van der Waals surface area contributed by atoms with Gasteiger partial charge in [0, 0.05) is 22.8 Å². The number of benzene rings is 2. The van der Waals surface area contributed by atoms with Crippen molar-refractivity contribution in [2.45, 2.75) is 13.8 Å².